The number of aromatic nitrogens is 2. The molecule has 0 aliphatic heterocycles. The fraction of sp³-hybridized carbons (Fsp3) is 0.250. The van der Waals surface area contributed by atoms with Gasteiger partial charge in [-0.3, -0.25) is 4.79 Å². The molecule has 0 spiro atoms. The van der Waals surface area contributed by atoms with Crippen molar-refractivity contribution in [3.63, 3.8) is 0 Å². The van der Waals surface area contributed by atoms with Gasteiger partial charge in [-0.1, -0.05) is 24.3 Å². The molecule has 0 saturated heterocycles. The topological polar surface area (TPSA) is 91.9 Å². The summed E-state index contributed by atoms with van der Waals surface area (Å²) < 4.78 is 23.3. The minimum Gasteiger partial charge on any atom is -0.338 e. The Morgan fingerprint density at radius 2 is 1.94 bits per heavy atom. The molecule has 5 rings (SSSR count). The second-order valence-corrected chi connectivity index (χ2v) is 11.5. The van der Waals surface area contributed by atoms with Crippen LogP contribution >= 0.6 is 11.3 Å². The van der Waals surface area contributed by atoms with Crippen LogP contribution in [-0.4, -0.2) is 30.5 Å². The number of H-pyrrole nitrogens is 1. The number of amides is 1. The van der Waals surface area contributed by atoms with Gasteiger partial charge < -0.3 is 10.3 Å². The van der Waals surface area contributed by atoms with Gasteiger partial charge in [-0.2, -0.15) is 0 Å². The lowest BCUT2D eigenvalue weighted by molar-refractivity contribution is 0.102. The molecule has 0 fully saturated rings. The predicted octanol–water partition coefficient (Wildman–Crippen LogP) is 4.97. The first-order valence-corrected chi connectivity index (χ1v) is 13.4. The molecule has 0 radical (unpaired) electrons. The van der Waals surface area contributed by atoms with Gasteiger partial charge in [0.05, 0.1) is 22.3 Å². The van der Waals surface area contributed by atoms with Crippen molar-refractivity contribution in [3.05, 3.63) is 70.1 Å². The van der Waals surface area contributed by atoms with Crippen molar-refractivity contribution in [2.75, 3.05) is 11.6 Å². The van der Waals surface area contributed by atoms with Crippen LogP contribution in [-0.2, 0) is 28.4 Å². The van der Waals surface area contributed by atoms with Gasteiger partial charge in [-0.15, -0.1) is 11.3 Å². The number of benzene rings is 2. The summed E-state index contributed by atoms with van der Waals surface area (Å²) in [4.78, 5) is 22.6. The van der Waals surface area contributed by atoms with Crippen molar-refractivity contribution in [1.82, 2.24) is 9.97 Å². The molecule has 2 aromatic heterocycles. The van der Waals surface area contributed by atoms with Crippen molar-refractivity contribution in [3.8, 4) is 11.4 Å². The second-order valence-electron chi connectivity index (χ2n) is 8.24. The fourth-order valence-electron chi connectivity index (χ4n) is 4.26. The number of fused-ring (bicyclic) bond motifs is 2. The molecular formula is C24H23N3O3S2. The lowest BCUT2D eigenvalue weighted by Crippen LogP contribution is -2.12. The van der Waals surface area contributed by atoms with Gasteiger partial charge in [0, 0.05) is 16.7 Å². The number of nitrogens with zero attached hydrogens (tertiary/aromatic N) is 1. The van der Waals surface area contributed by atoms with Crippen LogP contribution in [0.2, 0.25) is 0 Å². The molecule has 164 valence electrons. The van der Waals surface area contributed by atoms with Gasteiger partial charge in [0.1, 0.15) is 10.8 Å². The fourth-order valence-corrected chi connectivity index (χ4v) is 6.33. The quantitative estimate of drug-likeness (QED) is 0.435. The number of carbonyl (C=O) groups excluding carboxylic acids is 1. The molecule has 6 nitrogen and oxygen atoms in total. The Balaban J connectivity index is 1.52. The lowest BCUT2D eigenvalue weighted by Gasteiger charge is -2.12. The van der Waals surface area contributed by atoms with Crippen LogP contribution in [0, 0.1) is 0 Å². The number of aryl methyl sites for hydroxylation is 1. The molecule has 8 heteroatoms. The number of nitrogens with one attached hydrogen (secondary N) is 2. The van der Waals surface area contributed by atoms with E-state index in [0.29, 0.717) is 11.1 Å². The highest BCUT2D eigenvalue weighted by atomic mass is 32.2. The van der Waals surface area contributed by atoms with E-state index >= 15 is 0 Å². The number of imidazole rings is 1. The van der Waals surface area contributed by atoms with Crippen LogP contribution < -0.4 is 5.32 Å². The van der Waals surface area contributed by atoms with E-state index in [4.69, 9.17) is 4.98 Å². The lowest BCUT2D eigenvalue weighted by atomic mass is 9.95. The molecule has 2 N–H and O–H groups in total. The highest BCUT2D eigenvalue weighted by molar-refractivity contribution is 7.89. The highest BCUT2D eigenvalue weighted by Gasteiger charge is 2.25. The number of carbonyl (C=O) groups is 1. The standard InChI is InChI=1S/C24H23N3O3S2/c1-32(29,30)14-15-7-6-8-16(13-15)23(28)27-24-21(17-9-2-5-12-20(17)31-24)22-25-18-10-3-4-11-19(18)26-22/h3-4,6-8,10-11,13H,2,5,9,12,14H2,1H3,(H,25,26)(H,27,28). The van der Waals surface area contributed by atoms with Gasteiger partial charge in [-0.05, 0) is 61.1 Å². The van der Waals surface area contributed by atoms with E-state index in [0.717, 1.165) is 53.1 Å². The van der Waals surface area contributed by atoms with Crippen molar-refractivity contribution in [1.29, 1.82) is 0 Å². The number of hydrogen-bond donors (Lipinski definition) is 2. The first-order chi connectivity index (χ1) is 15.4. The van der Waals surface area contributed by atoms with E-state index in [9.17, 15) is 13.2 Å². The summed E-state index contributed by atoms with van der Waals surface area (Å²) in [6, 6.07) is 14.7. The zero-order valence-electron chi connectivity index (χ0n) is 17.6. The summed E-state index contributed by atoms with van der Waals surface area (Å²) in [6.45, 7) is 0. The highest BCUT2D eigenvalue weighted by Crippen LogP contribution is 2.43. The summed E-state index contributed by atoms with van der Waals surface area (Å²) >= 11 is 1.62. The minimum absolute atomic E-state index is 0.0916. The molecule has 0 atom stereocenters. The van der Waals surface area contributed by atoms with Crippen molar-refractivity contribution >= 4 is 43.1 Å². The van der Waals surface area contributed by atoms with E-state index < -0.39 is 9.84 Å². The average Bonchev–Trinajstić information content (AvgIpc) is 3.33. The Hall–Kier alpha value is -2.97. The van der Waals surface area contributed by atoms with Crippen molar-refractivity contribution in [2.45, 2.75) is 31.4 Å². The summed E-state index contributed by atoms with van der Waals surface area (Å²) in [6.07, 6.45) is 5.44. The number of rotatable bonds is 5. The van der Waals surface area contributed by atoms with Crippen molar-refractivity contribution < 1.29 is 13.2 Å². The van der Waals surface area contributed by atoms with E-state index in [1.165, 1.54) is 16.7 Å². The molecule has 0 unspecified atom stereocenters. The molecule has 2 heterocycles. The van der Waals surface area contributed by atoms with Crippen LogP contribution in [0.15, 0.2) is 48.5 Å². The second kappa shape index (κ2) is 8.18. The van der Waals surface area contributed by atoms with Crippen LogP contribution in [0.5, 0.6) is 0 Å². The molecular weight excluding hydrogens is 442 g/mol. The van der Waals surface area contributed by atoms with Crippen LogP contribution in [0.25, 0.3) is 22.4 Å². The smallest absolute Gasteiger partial charge is 0.256 e. The maximum absolute atomic E-state index is 13.1. The maximum Gasteiger partial charge on any atom is 0.256 e. The molecule has 4 aromatic rings. The van der Waals surface area contributed by atoms with Crippen LogP contribution in [0.3, 0.4) is 0 Å². The first-order valence-electron chi connectivity index (χ1n) is 10.5. The number of thiophene rings is 1. The van der Waals surface area contributed by atoms with E-state index in [1.54, 1.807) is 35.6 Å². The number of aromatic amines is 1. The number of sulfone groups is 1. The Morgan fingerprint density at radius 1 is 1.12 bits per heavy atom. The monoisotopic (exact) mass is 465 g/mol. The Labute approximate surface area is 190 Å². The minimum atomic E-state index is -3.18. The summed E-state index contributed by atoms with van der Waals surface area (Å²) in [7, 11) is -3.18. The van der Waals surface area contributed by atoms with E-state index in [-0.39, 0.29) is 11.7 Å². The molecule has 1 aliphatic rings. The number of hydrogen-bond acceptors (Lipinski definition) is 5. The van der Waals surface area contributed by atoms with Gasteiger partial charge >= 0.3 is 0 Å². The number of anilines is 1. The van der Waals surface area contributed by atoms with Gasteiger partial charge in [0.2, 0.25) is 0 Å². The molecule has 1 amide bonds. The van der Waals surface area contributed by atoms with E-state index in [1.807, 2.05) is 24.3 Å². The third-order valence-corrected chi connectivity index (χ3v) is 7.71. The average molecular weight is 466 g/mol. The maximum atomic E-state index is 13.1. The summed E-state index contributed by atoms with van der Waals surface area (Å²) in [5.74, 6) is 0.425. The Kier molecular flexibility index (Phi) is 5.35. The van der Waals surface area contributed by atoms with E-state index in [2.05, 4.69) is 10.3 Å². The van der Waals surface area contributed by atoms with Crippen LogP contribution in [0.4, 0.5) is 5.00 Å². The Bertz CT molecular complexity index is 1400. The van der Waals surface area contributed by atoms with Gasteiger partial charge in [0.15, 0.2) is 9.84 Å². The summed E-state index contributed by atoms with van der Waals surface area (Å²) in [5.41, 5.74) is 5.13. The predicted molar refractivity (Wildman–Crippen MR) is 129 cm³/mol. The normalized spacial score (nSPS) is 13.8. The molecule has 0 saturated carbocycles. The molecule has 1 aliphatic carbocycles. The first kappa shape index (κ1) is 20.9. The third kappa shape index (κ3) is 4.20. The molecule has 32 heavy (non-hydrogen) atoms. The molecule has 0 bridgehead atoms. The largest absolute Gasteiger partial charge is 0.338 e. The Morgan fingerprint density at radius 3 is 2.75 bits per heavy atom. The number of para-hydroxylation sites is 2. The SMILES string of the molecule is CS(=O)(=O)Cc1cccc(C(=O)Nc2sc3c(c2-c2nc4ccccc4[nH]2)CCCC3)c1. The summed E-state index contributed by atoms with van der Waals surface area (Å²) in [5, 5.41) is 3.87. The van der Waals surface area contributed by atoms with Gasteiger partial charge in [0.25, 0.3) is 5.91 Å². The zero-order chi connectivity index (χ0) is 22.3. The van der Waals surface area contributed by atoms with Gasteiger partial charge in [-0.25, -0.2) is 13.4 Å². The van der Waals surface area contributed by atoms with Crippen LogP contribution in [0.1, 0.15) is 39.2 Å². The third-order valence-electron chi connectivity index (χ3n) is 5.64. The zero-order valence-corrected chi connectivity index (χ0v) is 19.3. The molecule has 2 aromatic carbocycles. The van der Waals surface area contributed by atoms with Crippen molar-refractivity contribution in [2.24, 2.45) is 0 Å².